The topological polar surface area (TPSA) is 81.4 Å². The van der Waals surface area contributed by atoms with E-state index < -0.39 is 10.0 Å². The van der Waals surface area contributed by atoms with E-state index in [9.17, 15) is 8.42 Å². The summed E-state index contributed by atoms with van der Waals surface area (Å²) in [5, 5.41) is 3.90. The number of thiophene rings is 1. The largest absolute Gasteiger partial charge is 0.497 e. The first-order valence-electron chi connectivity index (χ1n) is 5.89. The molecule has 0 unspecified atom stereocenters. The van der Waals surface area contributed by atoms with Crippen molar-refractivity contribution in [1.82, 2.24) is 4.72 Å². The molecule has 0 aliphatic heterocycles. The van der Waals surface area contributed by atoms with E-state index in [-0.39, 0.29) is 17.1 Å². The summed E-state index contributed by atoms with van der Waals surface area (Å²) >= 11 is 1.54. The summed E-state index contributed by atoms with van der Waals surface area (Å²) in [6, 6.07) is 4.50. The highest BCUT2D eigenvalue weighted by molar-refractivity contribution is 7.89. The predicted octanol–water partition coefficient (Wildman–Crippen LogP) is 2.13. The van der Waals surface area contributed by atoms with Crippen LogP contribution in [0.1, 0.15) is 11.1 Å². The molecule has 1 aromatic carbocycles. The Morgan fingerprint density at radius 3 is 2.65 bits per heavy atom. The van der Waals surface area contributed by atoms with Gasteiger partial charge in [0.2, 0.25) is 10.0 Å². The Balaban J connectivity index is 2.20. The fourth-order valence-electron chi connectivity index (χ4n) is 1.72. The summed E-state index contributed by atoms with van der Waals surface area (Å²) in [6.07, 6.45) is 0. The molecule has 0 saturated heterocycles. The zero-order valence-corrected chi connectivity index (χ0v) is 12.8. The number of sulfonamides is 1. The van der Waals surface area contributed by atoms with Gasteiger partial charge in [-0.15, -0.1) is 0 Å². The molecule has 0 bridgehead atoms. The lowest BCUT2D eigenvalue weighted by Gasteiger charge is -2.10. The van der Waals surface area contributed by atoms with Crippen LogP contribution in [-0.4, -0.2) is 15.5 Å². The summed E-state index contributed by atoms with van der Waals surface area (Å²) < 4.78 is 32.0. The van der Waals surface area contributed by atoms with Crippen molar-refractivity contribution in [1.29, 1.82) is 0 Å². The van der Waals surface area contributed by atoms with E-state index in [1.54, 1.807) is 17.4 Å². The van der Waals surface area contributed by atoms with Crippen molar-refractivity contribution in [2.24, 2.45) is 0 Å². The van der Waals surface area contributed by atoms with E-state index in [1.165, 1.54) is 19.2 Å². The molecule has 3 N–H and O–H groups in total. The summed E-state index contributed by atoms with van der Waals surface area (Å²) in [4.78, 5) is 0.0613. The van der Waals surface area contributed by atoms with Gasteiger partial charge in [0.15, 0.2) is 0 Å². The number of methoxy groups -OCH3 is 1. The number of hydrogen-bond donors (Lipinski definition) is 2. The molecule has 0 aliphatic rings. The highest BCUT2D eigenvalue weighted by atomic mass is 32.2. The van der Waals surface area contributed by atoms with Crippen LogP contribution in [0.3, 0.4) is 0 Å². The van der Waals surface area contributed by atoms with E-state index in [4.69, 9.17) is 10.5 Å². The maximum absolute atomic E-state index is 12.2. The molecule has 20 heavy (non-hydrogen) atoms. The van der Waals surface area contributed by atoms with Crippen molar-refractivity contribution in [3.63, 3.8) is 0 Å². The van der Waals surface area contributed by atoms with Gasteiger partial charge in [0.1, 0.15) is 10.6 Å². The van der Waals surface area contributed by atoms with Crippen LogP contribution in [0.15, 0.2) is 33.9 Å². The van der Waals surface area contributed by atoms with Gasteiger partial charge in [-0.05, 0) is 40.9 Å². The smallest absolute Gasteiger partial charge is 0.242 e. The molecule has 108 valence electrons. The first-order chi connectivity index (χ1) is 9.44. The number of ether oxygens (including phenoxy) is 1. The Morgan fingerprint density at radius 2 is 2.10 bits per heavy atom. The van der Waals surface area contributed by atoms with Crippen LogP contribution < -0.4 is 15.2 Å². The molecule has 0 aliphatic carbocycles. The molecular weight excluding hydrogens is 296 g/mol. The van der Waals surface area contributed by atoms with Crippen molar-refractivity contribution in [2.45, 2.75) is 18.4 Å². The van der Waals surface area contributed by atoms with Crippen LogP contribution in [0.2, 0.25) is 0 Å². The van der Waals surface area contributed by atoms with Crippen LogP contribution >= 0.6 is 11.3 Å². The van der Waals surface area contributed by atoms with Crippen molar-refractivity contribution in [2.75, 3.05) is 12.8 Å². The minimum atomic E-state index is -3.63. The zero-order chi connectivity index (χ0) is 14.8. The van der Waals surface area contributed by atoms with Gasteiger partial charge < -0.3 is 10.5 Å². The lowest BCUT2D eigenvalue weighted by atomic mass is 10.2. The van der Waals surface area contributed by atoms with Crippen LogP contribution in [0.25, 0.3) is 0 Å². The Labute approximate surface area is 122 Å². The summed E-state index contributed by atoms with van der Waals surface area (Å²) in [6.45, 7) is 2.20. The van der Waals surface area contributed by atoms with Crippen molar-refractivity contribution in [3.05, 3.63) is 40.1 Å². The molecule has 0 fully saturated rings. The van der Waals surface area contributed by atoms with Crippen molar-refractivity contribution in [3.8, 4) is 5.75 Å². The number of benzene rings is 1. The van der Waals surface area contributed by atoms with Crippen LogP contribution in [-0.2, 0) is 16.6 Å². The van der Waals surface area contributed by atoms with E-state index in [2.05, 4.69) is 4.72 Å². The van der Waals surface area contributed by atoms with Gasteiger partial charge in [0, 0.05) is 12.6 Å². The Morgan fingerprint density at radius 1 is 1.35 bits per heavy atom. The normalized spacial score (nSPS) is 11.5. The molecule has 5 nitrogen and oxygen atoms in total. The average Bonchev–Trinajstić information content (AvgIpc) is 2.81. The molecule has 0 saturated carbocycles. The fourth-order valence-corrected chi connectivity index (χ4v) is 3.69. The Kier molecular flexibility index (Phi) is 4.32. The number of hydrogen-bond acceptors (Lipinski definition) is 5. The average molecular weight is 312 g/mol. The SMILES string of the molecule is COc1ccc(S(=O)(=O)NCc2cscc2C)c(N)c1. The van der Waals surface area contributed by atoms with Gasteiger partial charge in [-0.2, -0.15) is 11.3 Å². The first kappa shape index (κ1) is 14.8. The second-order valence-electron chi connectivity index (χ2n) is 4.31. The third-order valence-corrected chi connectivity index (χ3v) is 5.31. The molecular formula is C13H16N2O3S2. The number of nitrogens with one attached hydrogen (secondary N) is 1. The van der Waals surface area contributed by atoms with Gasteiger partial charge in [-0.3, -0.25) is 0 Å². The molecule has 7 heteroatoms. The number of nitrogen functional groups attached to an aromatic ring is 1. The molecule has 0 radical (unpaired) electrons. The van der Waals surface area contributed by atoms with E-state index in [1.807, 2.05) is 17.7 Å². The third-order valence-electron chi connectivity index (χ3n) is 2.92. The lowest BCUT2D eigenvalue weighted by Crippen LogP contribution is -2.24. The number of aryl methyl sites for hydroxylation is 1. The van der Waals surface area contributed by atoms with Gasteiger partial charge in [-0.25, -0.2) is 13.1 Å². The number of anilines is 1. The molecule has 2 aromatic rings. The van der Waals surface area contributed by atoms with E-state index >= 15 is 0 Å². The van der Waals surface area contributed by atoms with Gasteiger partial charge in [0.25, 0.3) is 0 Å². The second-order valence-corrected chi connectivity index (χ2v) is 6.79. The Bertz CT molecular complexity index is 708. The number of nitrogens with two attached hydrogens (primary N) is 1. The van der Waals surface area contributed by atoms with Crippen LogP contribution in [0.4, 0.5) is 5.69 Å². The zero-order valence-electron chi connectivity index (χ0n) is 11.2. The predicted molar refractivity (Wildman–Crippen MR) is 80.5 cm³/mol. The van der Waals surface area contributed by atoms with E-state index in [0.29, 0.717) is 5.75 Å². The molecule has 0 spiro atoms. The highest BCUT2D eigenvalue weighted by Crippen LogP contribution is 2.24. The highest BCUT2D eigenvalue weighted by Gasteiger charge is 2.18. The minimum absolute atomic E-state index is 0.0613. The summed E-state index contributed by atoms with van der Waals surface area (Å²) in [7, 11) is -2.13. The van der Waals surface area contributed by atoms with Crippen LogP contribution in [0, 0.1) is 6.92 Å². The van der Waals surface area contributed by atoms with Gasteiger partial charge in [-0.1, -0.05) is 0 Å². The second kappa shape index (κ2) is 5.82. The standard InChI is InChI=1S/C13H16N2O3S2/c1-9-7-19-8-10(9)6-15-20(16,17)13-4-3-11(18-2)5-12(13)14/h3-5,7-8,15H,6,14H2,1-2H3. The maximum atomic E-state index is 12.2. The van der Waals surface area contributed by atoms with Gasteiger partial charge >= 0.3 is 0 Å². The molecule has 1 aromatic heterocycles. The molecule has 1 heterocycles. The fraction of sp³-hybridized carbons (Fsp3) is 0.231. The summed E-state index contributed by atoms with van der Waals surface area (Å²) in [5.41, 5.74) is 7.96. The third kappa shape index (κ3) is 3.12. The monoisotopic (exact) mass is 312 g/mol. The quantitative estimate of drug-likeness (QED) is 0.829. The van der Waals surface area contributed by atoms with Crippen LogP contribution in [0.5, 0.6) is 5.75 Å². The minimum Gasteiger partial charge on any atom is -0.497 e. The molecule has 2 rings (SSSR count). The first-order valence-corrected chi connectivity index (χ1v) is 8.31. The number of rotatable bonds is 5. The van der Waals surface area contributed by atoms with Gasteiger partial charge in [0.05, 0.1) is 12.8 Å². The molecule has 0 atom stereocenters. The summed E-state index contributed by atoms with van der Waals surface area (Å²) in [5.74, 6) is 0.523. The lowest BCUT2D eigenvalue weighted by molar-refractivity contribution is 0.414. The van der Waals surface area contributed by atoms with Crippen molar-refractivity contribution >= 4 is 27.0 Å². The maximum Gasteiger partial charge on any atom is 0.242 e. The molecule has 0 amide bonds. The Hall–Kier alpha value is -1.57. The van der Waals surface area contributed by atoms with Crippen molar-refractivity contribution < 1.29 is 13.2 Å². The van der Waals surface area contributed by atoms with E-state index in [0.717, 1.165) is 11.1 Å².